The molecule has 0 saturated carbocycles. The minimum atomic E-state index is -0.675. The number of halogens is 2. The van der Waals surface area contributed by atoms with Gasteiger partial charge in [-0.2, -0.15) is 0 Å². The molecule has 0 amide bonds. The van der Waals surface area contributed by atoms with Gasteiger partial charge in [-0.25, -0.2) is 4.79 Å². The number of nitrogens with zero attached hydrogens (tertiary/aromatic N) is 1. The van der Waals surface area contributed by atoms with E-state index in [1.807, 2.05) is 31.2 Å². The predicted molar refractivity (Wildman–Crippen MR) is 91.6 cm³/mol. The molecule has 4 rings (SSSR count). The Balaban J connectivity index is 0.00000121. The summed E-state index contributed by atoms with van der Waals surface area (Å²) in [6, 6.07) is 7.06. The first kappa shape index (κ1) is 19.2. The third-order valence-electron chi connectivity index (χ3n) is 4.55. The zero-order valence-electron chi connectivity index (χ0n) is 12.7. The summed E-state index contributed by atoms with van der Waals surface area (Å²) in [7, 11) is 0. The van der Waals surface area contributed by atoms with Crippen molar-refractivity contribution in [1.29, 1.82) is 0 Å². The number of fused-ring (bicyclic) bond motifs is 3. The SMILES string of the molecule is Cc1ccc(C(N)C(=O)O[C@H]2CN3CCC2CC3)cc1.Cl.Cl. The number of carbonyl (C=O) groups excluding carboxylic acids is 1. The van der Waals surface area contributed by atoms with Crippen molar-refractivity contribution < 1.29 is 9.53 Å². The number of nitrogens with two attached hydrogens (primary N) is 1. The number of benzene rings is 1. The van der Waals surface area contributed by atoms with Gasteiger partial charge in [-0.1, -0.05) is 29.8 Å². The van der Waals surface area contributed by atoms with Gasteiger partial charge in [-0.15, -0.1) is 24.8 Å². The highest BCUT2D eigenvalue weighted by Crippen LogP contribution is 2.30. The number of esters is 1. The van der Waals surface area contributed by atoms with Gasteiger partial charge in [0.1, 0.15) is 12.1 Å². The van der Waals surface area contributed by atoms with Crippen molar-refractivity contribution in [3.63, 3.8) is 0 Å². The molecule has 1 aromatic rings. The van der Waals surface area contributed by atoms with Crippen LogP contribution in [0.3, 0.4) is 0 Å². The minimum Gasteiger partial charge on any atom is -0.459 e. The fraction of sp³-hybridized carbons (Fsp3) is 0.562. The minimum absolute atomic E-state index is 0. The summed E-state index contributed by atoms with van der Waals surface area (Å²) in [6.07, 6.45) is 2.30. The lowest BCUT2D eigenvalue weighted by atomic mass is 9.86. The normalized spacial score (nSPS) is 27.3. The van der Waals surface area contributed by atoms with E-state index in [4.69, 9.17) is 10.5 Å². The van der Waals surface area contributed by atoms with E-state index in [-0.39, 0.29) is 36.9 Å². The number of hydrogen-bond acceptors (Lipinski definition) is 4. The Morgan fingerprint density at radius 3 is 2.32 bits per heavy atom. The third-order valence-corrected chi connectivity index (χ3v) is 4.55. The zero-order valence-corrected chi connectivity index (χ0v) is 14.4. The van der Waals surface area contributed by atoms with Crippen LogP contribution in [0, 0.1) is 12.8 Å². The lowest BCUT2D eigenvalue weighted by Gasteiger charge is -2.44. The van der Waals surface area contributed by atoms with Gasteiger partial charge < -0.3 is 10.5 Å². The molecule has 0 aliphatic carbocycles. The molecule has 3 fully saturated rings. The van der Waals surface area contributed by atoms with Crippen molar-refractivity contribution in [3.8, 4) is 0 Å². The molecule has 2 bridgehead atoms. The molecule has 0 radical (unpaired) electrons. The molecule has 3 aliphatic heterocycles. The molecule has 6 heteroatoms. The van der Waals surface area contributed by atoms with Gasteiger partial charge in [0.2, 0.25) is 0 Å². The van der Waals surface area contributed by atoms with Crippen molar-refractivity contribution in [2.45, 2.75) is 31.9 Å². The number of aryl methyl sites for hydroxylation is 1. The fourth-order valence-electron chi connectivity index (χ4n) is 3.18. The van der Waals surface area contributed by atoms with Crippen LogP contribution in [0.15, 0.2) is 24.3 Å². The Morgan fingerprint density at radius 1 is 1.23 bits per heavy atom. The average Bonchev–Trinajstić information content (AvgIpc) is 2.48. The highest BCUT2D eigenvalue weighted by atomic mass is 35.5. The molecule has 0 aromatic heterocycles. The van der Waals surface area contributed by atoms with E-state index in [9.17, 15) is 4.79 Å². The second-order valence-corrected chi connectivity index (χ2v) is 6.00. The first-order valence-electron chi connectivity index (χ1n) is 7.38. The molecular formula is C16H24Cl2N2O2. The summed E-state index contributed by atoms with van der Waals surface area (Å²) in [5, 5.41) is 0. The topological polar surface area (TPSA) is 55.6 Å². The van der Waals surface area contributed by atoms with Crippen LogP contribution in [0.2, 0.25) is 0 Å². The molecule has 0 spiro atoms. The Kier molecular flexibility index (Phi) is 7.13. The summed E-state index contributed by atoms with van der Waals surface area (Å²) in [5.74, 6) is 0.224. The molecule has 1 aromatic carbocycles. The predicted octanol–water partition coefficient (Wildman–Crippen LogP) is 2.48. The summed E-state index contributed by atoms with van der Waals surface area (Å²) < 4.78 is 5.67. The number of rotatable bonds is 3. The number of hydrogen-bond donors (Lipinski definition) is 1. The van der Waals surface area contributed by atoms with E-state index in [0.717, 1.165) is 43.6 Å². The second-order valence-electron chi connectivity index (χ2n) is 6.00. The number of piperidine rings is 3. The first-order valence-corrected chi connectivity index (χ1v) is 7.38. The summed E-state index contributed by atoms with van der Waals surface area (Å²) >= 11 is 0. The maximum absolute atomic E-state index is 12.2. The van der Waals surface area contributed by atoms with Gasteiger partial charge in [0.15, 0.2) is 0 Å². The summed E-state index contributed by atoms with van der Waals surface area (Å²) in [6.45, 7) is 5.17. The Labute approximate surface area is 144 Å². The molecule has 3 heterocycles. The lowest BCUT2D eigenvalue weighted by Crippen LogP contribution is -2.52. The highest BCUT2D eigenvalue weighted by molar-refractivity contribution is 5.85. The van der Waals surface area contributed by atoms with Crippen LogP contribution in [0.5, 0.6) is 0 Å². The average molecular weight is 347 g/mol. The van der Waals surface area contributed by atoms with E-state index >= 15 is 0 Å². The van der Waals surface area contributed by atoms with Gasteiger partial charge in [0.05, 0.1) is 0 Å². The van der Waals surface area contributed by atoms with Crippen LogP contribution >= 0.6 is 24.8 Å². The van der Waals surface area contributed by atoms with Crippen LogP contribution in [-0.2, 0) is 9.53 Å². The molecule has 22 heavy (non-hydrogen) atoms. The fourth-order valence-corrected chi connectivity index (χ4v) is 3.18. The Bertz CT molecular complexity index is 487. The van der Waals surface area contributed by atoms with E-state index in [2.05, 4.69) is 4.90 Å². The maximum Gasteiger partial charge on any atom is 0.327 e. The second kappa shape index (κ2) is 8.16. The summed E-state index contributed by atoms with van der Waals surface area (Å²) in [5.41, 5.74) is 8.00. The maximum atomic E-state index is 12.2. The van der Waals surface area contributed by atoms with Gasteiger partial charge in [-0.3, -0.25) is 4.90 Å². The quantitative estimate of drug-likeness (QED) is 0.854. The molecule has 3 aliphatic rings. The highest BCUT2D eigenvalue weighted by Gasteiger charge is 2.37. The van der Waals surface area contributed by atoms with Crippen LogP contribution in [0.25, 0.3) is 0 Å². The summed E-state index contributed by atoms with van der Waals surface area (Å²) in [4.78, 5) is 14.6. The van der Waals surface area contributed by atoms with Crippen molar-refractivity contribution in [3.05, 3.63) is 35.4 Å². The van der Waals surface area contributed by atoms with Crippen molar-refractivity contribution in [1.82, 2.24) is 4.90 Å². The lowest BCUT2D eigenvalue weighted by molar-refractivity contribution is -0.160. The standard InChI is InChI=1S/C16H22N2O2.2ClH/c1-11-2-4-13(5-3-11)15(17)16(19)20-14-10-18-8-6-12(14)7-9-18;;/h2-5,12,14-15H,6-10,17H2,1H3;2*1H/t14-,15?;;/m0../s1. The number of ether oxygens (including phenoxy) is 1. The molecule has 3 saturated heterocycles. The molecule has 2 atom stereocenters. The van der Waals surface area contributed by atoms with Crippen molar-refractivity contribution >= 4 is 30.8 Å². The van der Waals surface area contributed by atoms with Crippen LogP contribution < -0.4 is 5.73 Å². The van der Waals surface area contributed by atoms with E-state index in [1.165, 1.54) is 0 Å². The van der Waals surface area contributed by atoms with Gasteiger partial charge >= 0.3 is 5.97 Å². The van der Waals surface area contributed by atoms with Crippen molar-refractivity contribution in [2.24, 2.45) is 11.7 Å². The van der Waals surface area contributed by atoms with Crippen LogP contribution in [0.1, 0.15) is 30.0 Å². The van der Waals surface area contributed by atoms with E-state index < -0.39 is 6.04 Å². The molecule has 1 unspecified atom stereocenters. The Hall–Kier alpha value is -0.810. The Morgan fingerprint density at radius 2 is 1.82 bits per heavy atom. The zero-order chi connectivity index (χ0) is 14.1. The van der Waals surface area contributed by atoms with Crippen LogP contribution in [-0.4, -0.2) is 36.6 Å². The van der Waals surface area contributed by atoms with E-state index in [1.54, 1.807) is 0 Å². The molecule has 4 nitrogen and oxygen atoms in total. The molecular weight excluding hydrogens is 323 g/mol. The monoisotopic (exact) mass is 346 g/mol. The third kappa shape index (κ3) is 4.13. The molecule has 2 N–H and O–H groups in total. The smallest absolute Gasteiger partial charge is 0.327 e. The van der Waals surface area contributed by atoms with Crippen LogP contribution in [0.4, 0.5) is 0 Å². The van der Waals surface area contributed by atoms with Gasteiger partial charge in [-0.05, 0) is 44.3 Å². The van der Waals surface area contributed by atoms with Gasteiger partial charge in [0, 0.05) is 6.54 Å². The first-order chi connectivity index (χ1) is 9.63. The van der Waals surface area contributed by atoms with E-state index in [0.29, 0.717) is 5.92 Å². The van der Waals surface area contributed by atoms with Gasteiger partial charge in [0.25, 0.3) is 0 Å². The largest absolute Gasteiger partial charge is 0.459 e. The number of carbonyl (C=O) groups is 1. The van der Waals surface area contributed by atoms with Crippen molar-refractivity contribution in [2.75, 3.05) is 19.6 Å². The molecule has 124 valence electrons.